The highest BCUT2D eigenvalue weighted by atomic mass is 35.5. The highest BCUT2D eigenvalue weighted by Gasteiger charge is 2.36. The molecule has 3 heterocycles. The van der Waals surface area contributed by atoms with Crippen LogP contribution in [-0.4, -0.2) is 43.0 Å². The molecule has 0 radical (unpaired) electrons. The summed E-state index contributed by atoms with van der Waals surface area (Å²) in [5.74, 6) is -2.80. The molecule has 4 aromatic rings. The number of carboxylic acid groups (broad SMARTS) is 1. The number of nitrogens with zero attached hydrogens (tertiary/aromatic N) is 5. The van der Waals surface area contributed by atoms with Crippen molar-refractivity contribution in [3.63, 3.8) is 0 Å². The van der Waals surface area contributed by atoms with Crippen molar-refractivity contribution in [3.8, 4) is 11.6 Å². The predicted octanol–water partition coefficient (Wildman–Crippen LogP) is 6.10. The Balaban J connectivity index is 1.65. The van der Waals surface area contributed by atoms with Crippen molar-refractivity contribution in [2.45, 2.75) is 32.6 Å². The Labute approximate surface area is 236 Å². The summed E-state index contributed by atoms with van der Waals surface area (Å²) in [5.41, 5.74) is -1.35. The smallest absolute Gasteiger partial charge is 0.421 e. The van der Waals surface area contributed by atoms with Crippen LogP contribution in [0.15, 0.2) is 67.3 Å². The number of ether oxygens (including phenoxy) is 1. The molecular weight excluding hydrogens is 565 g/mol. The van der Waals surface area contributed by atoms with Crippen LogP contribution < -0.4 is 15.0 Å². The van der Waals surface area contributed by atoms with Gasteiger partial charge in [-0.15, -0.1) is 0 Å². The van der Waals surface area contributed by atoms with E-state index >= 15 is 0 Å². The lowest BCUT2D eigenvalue weighted by atomic mass is 10.1. The van der Waals surface area contributed by atoms with Gasteiger partial charge in [-0.2, -0.15) is 13.2 Å². The molecule has 0 bridgehead atoms. The van der Waals surface area contributed by atoms with Gasteiger partial charge >= 0.3 is 12.1 Å². The van der Waals surface area contributed by atoms with Crippen molar-refractivity contribution < 1.29 is 32.6 Å². The molecule has 0 aliphatic carbocycles. The van der Waals surface area contributed by atoms with E-state index in [2.05, 4.69) is 25.3 Å². The standard InChI is InChI=1S/C27H22ClF3N6O4/c1-15(2)37(24(38)21-6-4-17(28)14-34-21)22-7-5-18(11-19(22)25(39)40)41-23-20(27(29,30)31)10-16(12-35-23)13-36-26-32-8-3-9-33-26/h3-12,14-15H,13H2,1-2H3,(H,39,40)(H,32,33,36). The van der Waals surface area contributed by atoms with E-state index in [1.807, 2.05) is 0 Å². The van der Waals surface area contributed by atoms with E-state index in [1.165, 1.54) is 54.0 Å². The molecule has 10 nitrogen and oxygen atoms in total. The molecule has 212 valence electrons. The summed E-state index contributed by atoms with van der Waals surface area (Å²) >= 11 is 5.85. The van der Waals surface area contributed by atoms with Crippen LogP contribution in [0.3, 0.4) is 0 Å². The molecule has 1 amide bonds. The number of rotatable bonds is 9. The third-order valence-electron chi connectivity index (χ3n) is 5.58. The van der Waals surface area contributed by atoms with Gasteiger partial charge in [0.25, 0.3) is 5.91 Å². The third kappa shape index (κ3) is 7.06. The Morgan fingerprint density at radius 2 is 1.78 bits per heavy atom. The summed E-state index contributed by atoms with van der Waals surface area (Å²) in [5, 5.41) is 13.0. The number of aromatic carboxylic acids is 1. The van der Waals surface area contributed by atoms with E-state index in [9.17, 15) is 27.9 Å². The number of nitrogens with one attached hydrogen (secondary N) is 1. The van der Waals surface area contributed by atoms with Gasteiger partial charge in [0.2, 0.25) is 11.8 Å². The Hall–Kier alpha value is -4.78. The van der Waals surface area contributed by atoms with E-state index in [0.717, 1.165) is 12.1 Å². The molecule has 0 spiro atoms. The van der Waals surface area contributed by atoms with Crippen molar-refractivity contribution >= 4 is 35.1 Å². The molecular formula is C27H22ClF3N6O4. The van der Waals surface area contributed by atoms with Gasteiger partial charge in [0, 0.05) is 37.4 Å². The summed E-state index contributed by atoms with van der Waals surface area (Å²) < 4.78 is 47.2. The molecule has 14 heteroatoms. The zero-order valence-corrected chi connectivity index (χ0v) is 22.3. The molecule has 1 aromatic carbocycles. The normalized spacial score (nSPS) is 11.3. The van der Waals surface area contributed by atoms with E-state index < -0.39 is 35.5 Å². The summed E-state index contributed by atoms with van der Waals surface area (Å²) in [4.78, 5) is 42.4. The van der Waals surface area contributed by atoms with Gasteiger partial charge in [-0.1, -0.05) is 11.6 Å². The largest absolute Gasteiger partial charge is 0.478 e. The van der Waals surface area contributed by atoms with Crippen molar-refractivity contribution in [3.05, 3.63) is 94.7 Å². The average molecular weight is 587 g/mol. The summed E-state index contributed by atoms with van der Waals surface area (Å²) in [7, 11) is 0. The predicted molar refractivity (Wildman–Crippen MR) is 143 cm³/mol. The second-order valence-corrected chi connectivity index (χ2v) is 9.27. The monoisotopic (exact) mass is 586 g/mol. The molecule has 4 rings (SSSR count). The zero-order chi connectivity index (χ0) is 29.7. The van der Waals surface area contributed by atoms with Gasteiger partial charge in [0.05, 0.1) is 16.3 Å². The highest BCUT2D eigenvalue weighted by molar-refractivity contribution is 6.30. The van der Waals surface area contributed by atoms with Gasteiger partial charge in [0.15, 0.2) is 0 Å². The van der Waals surface area contributed by atoms with Crippen molar-refractivity contribution in [1.29, 1.82) is 0 Å². The Bertz CT molecular complexity index is 1550. The van der Waals surface area contributed by atoms with Crippen LogP contribution >= 0.6 is 11.6 Å². The fourth-order valence-electron chi connectivity index (χ4n) is 3.77. The minimum absolute atomic E-state index is 0.00448. The number of benzene rings is 1. The number of alkyl halides is 3. The molecule has 0 atom stereocenters. The minimum Gasteiger partial charge on any atom is -0.478 e. The number of halogens is 4. The summed E-state index contributed by atoms with van der Waals surface area (Å²) in [6.07, 6.45) is 0.597. The van der Waals surface area contributed by atoms with E-state index in [0.29, 0.717) is 5.02 Å². The first-order chi connectivity index (χ1) is 19.4. The Morgan fingerprint density at radius 3 is 2.39 bits per heavy atom. The van der Waals surface area contributed by atoms with Gasteiger partial charge in [-0.3, -0.25) is 4.79 Å². The Morgan fingerprint density at radius 1 is 1.05 bits per heavy atom. The first-order valence-electron chi connectivity index (χ1n) is 12.0. The molecule has 0 aliphatic heterocycles. The van der Waals surface area contributed by atoms with Crippen molar-refractivity contribution in [2.24, 2.45) is 0 Å². The number of carbonyl (C=O) groups excluding carboxylic acids is 1. The van der Waals surface area contributed by atoms with Crippen LogP contribution in [0.2, 0.25) is 5.02 Å². The maximum absolute atomic E-state index is 13.9. The van der Waals surface area contributed by atoms with Gasteiger partial charge in [-0.05, 0) is 61.9 Å². The fraction of sp³-hybridized carbons (Fsp3) is 0.185. The maximum Gasteiger partial charge on any atom is 0.421 e. The average Bonchev–Trinajstić information content (AvgIpc) is 2.93. The van der Waals surface area contributed by atoms with Gasteiger partial charge in [-0.25, -0.2) is 24.7 Å². The van der Waals surface area contributed by atoms with Crippen LogP contribution in [0.4, 0.5) is 24.8 Å². The molecule has 0 saturated carbocycles. The van der Waals surface area contributed by atoms with Gasteiger partial charge < -0.3 is 20.1 Å². The minimum atomic E-state index is -4.83. The lowest BCUT2D eigenvalue weighted by Gasteiger charge is -2.28. The van der Waals surface area contributed by atoms with Crippen LogP contribution in [0, 0.1) is 0 Å². The summed E-state index contributed by atoms with van der Waals surface area (Å²) in [6.45, 7) is 3.30. The first-order valence-corrected chi connectivity index (χ1v) is 12.4. The van der Waals surface area contributed by atoms with Crippen LogP contribution in [0.25, 0.3) is 0 Å². The number of carboxylic acids is 1. The number of hydrogen-bond donors (Lipinski definition) is 2. The number of aromatic nitrogens is 4. The van der Waals surface area contributed by atoms with Crippen LogP contribution in [-0.2, 0) is 12.7 Å². The van der Waals surface area contributed by atoms with Crippen molar-refractivity contribution in [2.75, 3.05) is 10.2 Å². The zero-order valence-electron chi connectivity index (χ0n) is 21.6. The van der Waals surface area contributed by atoms with Crippen LogP contribution in [0.5, 0.6) is 11.6 Å². The third-order valence-corrected chi connectivity index (χ3v) is 5.81. The van der Waals surface area contributed by atoms with Gasteiger partial charge in [0.1, 0.15) is 17.0 Å². The first kappa shape index (κ1) is 29.2. The van der Waals surface area contributed by atoms with E-state index in [1.54, 1.807) is 19.9 Å². The molecule has 0 aliphatic rings. The number of carbonyl (C=O) groups is 2. The molecule has 3 aromatic heterocycles. The quantitative estimate of drug-likeness (QED) is 0.239. The number of hydrogen-bond acceptors (Lipinski definition) is 8. The Kier molecular flexibility index (Phi) is 8.67. The van der Waals surface area contributed by atoms with E-state index in [-0.39, 0.29) is 40.8 Å². The second kappa shape index (κ2) is 12.2. The molecule has 41 heavy (non-hydrogen) atoms. The van der Waals surface area contributed by atoms with Crippen LogP contribution in [0.1, 0.15) is 45.8 Å². The maximum atomic E-state index is 13.9. The summed E-state index contributed by atoms with van der Waals surface area (Å²) in [6, 6.07) is 8.37. The fourth-order valence-corrected chi connectivity index (χ4v) is 3.88. The lowest BCUT2D eigenvalue weighted by molar-refractivity contribution is -0.138. The van der Waals surface area contributed by atoms with E-state index in [4.69, 9.17) is 16.3 Å². The highest BCUT2D eigenvalue weighted by Crippen LogP contribution is 2.38. The topological polar surface area (TPSA) is 130 Å². The number of amides is 1. The molecule has 0 saturated heterocycles. The molecule has 0 unspecified atom stereocenters. The number of anilines is 2. The molecule has 0 fully saturated rings. The SMILES string of the molecule is CC(C)N(C(=O)c1ccc(Cl)cn1)c1ccc(Oc2ncc(CNc3ncccn3)cc2C(F)(F)F)cc1C(=O)O. The molecule has 2 N–H and O–H groups in total. The number of pyridine rings is 2. The van der Waals surface area contributed by atoms with Crippen molar-refractivity contribution in [1.82, 2.24) is 19.9 Å². The lowest BCUT2D eigenvalue weighted by Crippen LogP contribution is -2.38. The second-order valence-electron chi connectivity index (χ2n) is 8.84.